The first-order valence-electron chi connectivity index (χ1n) is 8.77. The summed E-state index contributed by atoms with van der Waals surface area (Å²) in [4.78, 5) is 7.95. The average Bonchev–Trinajstić information content (AvgIpc) is 2.62. The van der Waals surface area contributed by atoms with Gasteiger partial charge < -0.3 is 10.6 Å². The molecule has 0 unspecified atom stereocenters. The largest absolute Gasteiger partial charge is 0.338 e. The Labute approximate surface area is 178 Å². The molecule has 0 bridgehead atoms. The topological polar surface area (TPSA) is 170 Å². The van der Waals surface area contributed by atoms with Crippen molar-refractivity contribution in [3.63, 3.8) is 0 Å². The van der Waals surface area contributed by atoms with Crippen molar-refractivity contribution in [3.05, 3.63) is 81.8 Å². The predicted molar refractivity (Wildman–Crippen MR) is 115 cm³/mol. The summed E-state index contributed by atoms with van der Waals surface area (Å²) in [5.74, 6) is -0.825. The molecule has 0 saturated carbocycles. The number of hydrogen-bond acceptors (Lipinski definition) is 8. The maximum absolute atomic E-state index is 14.2. The second-order valence-electron chi connectivity index (χ2n) is 6.62. The number of nitrogens with two attached hydrogens (primary N) is 2. The van der Waals surface area contributed by atoms with E-state index in [-0.39, 0.29) is 11.8 Å². The summed E-state index contributed by atoms with van der Waals surface area (Å²) < 4.78 is 59.1. The SMILES string of the molecule is NS(=O)(=O)/C=C1/C=C(Nc2ncc(F)c(NC3=C/C(=C/S(N)(=O)=O)CC=C3)n2)C=CC1. The van der Waals surface area contributed by atoms with E-state index in [1.165, 1.54) is 6.08 Å². The first kappa shape index (κ1) is 22.6. The fourth-order valence-electron chi connectivity index (χ4n) is 2.78. The van der Waals surface area contributed by atoms with E-state index in [4.69, 9.17) is 10.3 Å². The van der Waals surface area contributed by atoms with Gasteiger partial charge in [-0.05, 0) is 48.3 Å². The lowest BCUT2D eigenvalue weighted by molar-refractivity contribution is 0.604. The number of sulfonamides is 2. The van der Waals surface area contributed by atoms with Crippen LogP contribution in [-0.2, 0) is 20.0 Å². The lowest BCUT2D eigenvalue weighted by Gasteiger charge is -2.14. The Hall–Kier alpha value is -3.13. The molecule has 0 saturated heterocycles. The molecule has 2 aliphatic carbocycles. The number of anilines is 2. The Kier molecular flexibility index (Phi) is 6.50. The number of primary sulfonamides is 2. The molecule has 2 aliphatic rings. The minimum absolute atomic E-state index is 0.0531. The zero-order valence-electron chi connectivity index (χ0n) is 16.0. The van der Waals surface area contributed by atoms with E-state index in [9.17, 15) is 21.2 Å². The third-order valence-corrected chi connectivity index (χ3v) is 5.14. The van der Waals surface area contributed by atoms with Crippen LogP contribution in [0.15, 0.2) is 76.0 Å². The van der Waals surface area contributed by atoms with Gasteiger partial charge in [-0.3, -0.25) is 0 Å². The van der Waals surface area contributed by atoms with Crippen molar-refractivity contribution in [3.8, 4) is 0 Å². The Morgan fingerprint density at radius 3 is 1.94 bits per heavy atom. The third-order valence-electron chi connectivity index (χ3n) is 3.88. The van der Waals surface area contributed by atoms with E-state index < -0.39 is 25.9 Å². The summed E-state index contributed by atoms with van der Waals surface area (Å²) in [5, 5.41) is 17.6. The molecule has 1 heterocycles. The van der Waals surface area contributed by atoms with E-state index in [1.807, 2.05) is 0 Å². The lowest BCUT2D eigenvalue weighted by atomic mass is 10.1. The molecule has 0 radical (unpaired) electrons. The summed E-state index contributed by atoms with van der Waals surface area (Å²) in [6.07, 6.45) is 11.5. The molecule has 0 atom stereocenters. The van der Waals surface area contributed by atoms with Gasteiger partial charge in [0.15, 0.2) is 11.6 Å². The number of allylic oxidation sites excluding steroid dienone is 8. The van der Waals surface area contributed by atoms with E-state index in [2.05, 4.69) is 20.6 Å². The maximum Gasteiger partial charge on any atom is 0.231 e. The first-order valence-corrected chi connectivity index (χ1v) is 12.0. The number of aromatic nitrogens is 2. The molecule has 6 N–H and O–H groups in total. The van der Waals surface area contributed by atoms with Gasteiger partial charge in [-0.1, -0.05) is 12.2 Å². The molecule has 31 heavy (non-hydrogen) atoms. The molecule has 3 rings (SSSR count). The highest BCUT2D eigenvalue weighted by Crippen LogP contribution is 2.22. The van der Waals surface area contributed by atoms with Crippen LogP contribution in [0.3, 0.4) is 0 Å². The monoisotopic (exact) mass is 466 g/mol. The number of nitrogens with zero attached hydrogens (tertiary/aromatic N) is 2. The second kappa shape index (κ2) is 8.93. The normalized spacial score (nSPS) is 19.3. The van der Waals surface area contributed by atoms with Crippen molar-refractivity contribution in [2.24, 2.45) is 10.3 Å². The molecular weight excluding hydrogens is 447 g/mol. The van der Waals surface area contributed by atoms with Gasteiger partial charge >= 0.3 is 0 Å². The van der Waals surface area contributed by atoms with E-state index in [1.54, 1.807) is 30.4 Å². The van der Waals surface area contributed by atoms with Gasteiger partial charge in [0.2, 0.25) is 26.0 Å². The summed E-state index contributed by atoms with van der Waals surface area (Å²) in [7, 11) is -7.59. The van der Waals surface area contributed by atoms with Crippen molar-refractivity contribution in [1.29, 1.82) is 0 Å². The molecule has 0 aromatic carbocycles. The van der Waals surface area contributed by atoms with Crippen LogP contribution in [0.1, 0.15) is 12.8 Å². The summed E-state index contributed by atoms with van der Waals surface area (Å²) in [6, 6.07) is 0. The highest BCUT2D eigenvalue weighted by molar-refractivity contribution is 7.92. The minimum Gasteiger partial charge on any atom is -0.338 e. The fourth-order valence-corrected chi connectivity index (χ4v) is 3.95. The second-order valence-corrected chi connectivity index (χ2v) is 9.44. The first-order chi connectivity index (χ1) is 14.5. The zero-order valence-corrected chi connectivity index (χ0v) is 17.6. The van der Waals surface area contributed by atoms with Gasteiger partial charge in [0.05, 0.1) is 6.20 Å². The quantitative estimate of drug-likeness (QED) is 0.488. The smallest absolute Gasteiger partial charge is 0.231 e. The van der Waals surface area contributed by atoms with Crippen molar-refractivity contribution in [2.45, 2.75) is 12.8 Å². The van der Waals surface area contributed by atoms with Crippen LogP contribution in [0, 0.1) is 5.82 Å². The molecular formula is C18H19FN6O4S2. The van der Waals surface area contributed by atoms with Gasteiger partial charge in [-0.25, -0.2) is 36.5 Å². The van der Waals surface area contributed by atoms with Crippen LogP contribution in [0.2, 0.25) is 0 Å². The molecule has 0 spiro atoms. The zero-order chi connectivity index (χ0) is 22.6. The number of hydrogen-bond donors (Lipinski definition) is 4. The van der Waals surface area contributed by atoms with Crippen molar-refractivity contribution in [1.82, 2.24) is 9.97 Å². The van der Waals surface area contributed by atoms with Crippen LogP contribution < -0.4 is 20.9 Å². The van der Waals surface area contributed by atoms with Crippen LogP contribution in [0.4, 0.5) is 16.2 Å². The Morgan fingerprint density at radius 2 is 1.42 bits per heavy atom. The Morgan fingerprint density at radius 1 is 0.903 bits per heavy atom. The van der Waals surface area contributed by atoms with E-state index in [0.29, 0.717) is 35.4 Å². The standard InChI is InChI=1S/C18H19FN6O4S2/c19-16-9-22-18(24-15-6-2-4-13(8-15)11-31(21,28)29)25-17(16)23-14-5-1-3-12(7-14)10-30(20,26)27/h1-2,5-11H,3-4H2,(H2,20,26,27)(H2,21,28,29)(H2,22,23,24,25)/b12-10+,13-11+. The molecule has 0 aliphatic heterocycles. The number of halogens is 1. The maximum atomic E-state index is 14.2. The van der Waals surface area contributed by atoms with Crippen LogP contribution >= 0.6 is 0 Å². The highest BCUT2D eigenvalue weighted by atomic mass is 32.2. The number of rotatable bonds is 6. The van der Waals surface area contributed by atoms with Gasteiger partial charge in [0.25, 0.3) is 0 Å². The predicted octanol–water partition coefficient (Wildman–Crippen LogP) is 1.47. The number of nitrogens with one attached hydrogen (secondary N) is 2. The van der Waals surface area contributed by atoms with Crippen molar-refractivity contribution < 1.29 is 21.2 Å². The van der Waals surface area contributed by atoms with Gasteiger partial charge in [0.1, 0.15) is 0 Å². The highest BCUT2D eigenvalue weighted by Gasteiger charge is 2.12. The fraction of sp³-hybridized carbons (Fsp3) is 0.111. The van der Waals surface area contributed by atoms with Crippen LogP contribution in [-0.4, -0.2) is 26.8 Å². The molecule has 164 valence electrons. The molecule has 1 aromatic heterocycles. The molecule has 10 nitrogen and oxygen atoms in total. The molecule has 0 amide bonds. The van der Waals surface area contributed by atoms with Crippen molar-refractivity contribution >= 4 is 31.8 Å². The molecule has 0 fully saturated rings. The third kappa shape index (κ3) is 7.25. The average molecular weight is 467 g/mol. The van der Waals surface area contributed by atoms with Crippen LogP contribution in [0.25, 0.3) is 0 Å². The Bertz CT molecular complexity index is 1290. The molecule has 1 aromatic rings. The summed E-state index contributed by atoms with van der Waals surface area (Å²) in [6.45, 7) is 0. The van der Waals surface area contributed by atoms with Gasteiger partial charge in [0, 0.05) is 22.2 Å². The lowest BCUT2D eigenvalue weighted by Crippen LogP contribution is -2.11. The van der Waals surface area contributed by atoms with E-state index in [0.717, 1.165) is 17.0 Å². The Balaban J connectivity index is 1.81. The minimum atomic E-state index is -3.81. The molecule has 13 heteroatoms. The van der Waals surface area contributed by atoms with Gasteiger partial charge in [-0.15, -0.1) is 0 Å². The summed E-state index contributed by atoms with van der Waals surface area (Å²) in [5.41, 5.74) is 1.76. The van der Waals surface area contributed by atoms with Crippen molar-refractivity contribution in [2.75, 3.05) is 10.6 Å². The van der Waals surface area contributed by atoms with Crippen LogP contribution in [0.5, 0.6) is 0 Å². The summed E-state index contributed by atoms with van der Waals surface area (Å²) >= 11 is 0. The van der Waals surface area contributed by atoms with E-state index >= 15 is 0 Å². The van der Waals surface area contributed by atoms with Gasteiger partial charge in [-0.2, -0.15) is 4.98 Å².